The summed E-state index contributed by atoms with van der Waals surface area (Å²) in [4.78, 5) is 32.4. The minimum atomic E-state index is -0.685. The highest BCUT2D eigenvalue weighted by molar-refractivity contribution is 5.73. The maximum atomic E-state index is 11.3. The van der Waals surface area contributed by atoms with Gasteiger partial charge < -0.3 is 19.6 Å². The zero-order valence-corrected chi connectivity index (χ0v) is 10.1. The molecule has 0 aliphatic heterocycles. The maximum Gasteiger partial charge on any atom is 0.408 e. The number of carbonyl (C=O) groups excluding carboxylic acids is 3. The number of carbonyl (C=O) groups is 3. The molecule has 1 amide bonds. The van der Waals surface area contributed by atoms with Gasteiger partial charge in [0.25, 0.3) is 0 Å². The van der Waals surface area contributed by atoms with Crippen LogP contribution in [0.3, 0.4) is 0 Å². The average molecular weight is 229 g/mol. The molecule has 2 unspecified atom stereocenters. The fourth-order valence-corrected chi connectivity index (χ4v) is 1.06. The lowest BCUT2D eigenvalue weighted by atomic mass is 10.0. The fourth-order valence-electron chi connectivity index (χ4n) is 1.06. The lowest BCUT2D eigenvalue weighted by Crippen LogP contribution is -2.40. The molecule has 0 aliphatic carbocycles. The third kappa shape index (κ3) is 6.98. The molecular weight excluding hydrogens is 210 g/mol. The van der Waals surface area contributed by atoms with Gasteiger partial charge in [-0.05, 0) is 27.2 Å². The molecule has 2 atom stereocenters. The van der Waals surface area contributed by atoms with Gasteiger partial charge in [-0.25, -0.2) is 4.79 Å². The van der Waals surface area contributed by atoms with E-state index in [1.165, 1.54) is 0 Å². The van der Waals surface area contributed by atoms with E-state index in [0.717, 1.165) is 6.29 Å². The third-order valence-electron chi connectivity index (χ3n) is 1.72. The highest BCUT2D eigenvalue weighted by Crippen LogP contribution is 2.08. The van der Waals surface area contributed by atoms with E-state index < -0.39 is 17.7 Å². The molecule has 0 aromatic heterocycles. The van der Waals surface area contributed by atoms with Crippen molar-refractivity contribution >= 4 is 18.7 Å². The van der Waals surface area contributed by atoms with Gasteiger partial charge in [0.15, 0.2) is 0 Å². The van der Waals surface area contributed by atoms with Crippen LogP contribution in [0.2, 0.25) is 0 Å². The quantitative estimate of drug-likeness (QED) is 0.721. The topological polar surface area (TPSA) is 72.5 Å². The molecule has 16 heavy (non-hydrogen) atoms. The Balaban J connectivity index is 4.17. The molecule has 92 valence electrons. The van der Waals surface area contributed by atoms with Crippen molar-refractivity contribution in [1.29, 1.82) is 0 Å². The first-order chi connectivity index (χ1) is 7.28. The summed E-state index contributed by atoms with van der Waals surface area (Å²) < 4.78 is 4.99. The molecule has 0 aromatic carbocycles. The van der Waals surface area contributed by atoms with Crippen molar-refractivity contribution in [3.8, 4) is 0 Å². The van der Waals surface area contributed by atoms with E-state index in [1.807, 2.05) is 0 Å². The molecule has 0 aliphatic rings. The van der Waals surface area contributed by atoms with Gasteiger partial charge >= 0.3 is 6.09 Å². The molecule has 0 heterocycles. The van der Waals surface area contributed by atoms with Crippen molar-refractivity contribution in [1.82, 2.24) is 5.32 Å². The summed E-state index contributed by atoms with van der Waals surface area (Å²) in [5.74, 6) is -0.273. The molecule has 0 fully saturated rings. The van der Waals surface area contributed by atoms with Crippen molar-refractivity contribution < 1.29 is 19.1 Å². The van der Waals surface area contributed by atoms with Crippen LogP contribution in [0, 0.1) is 5.92 Å². The summed E-state index contributed by atoms with van der Waals surface area (Å²) in [7, 11) is 0. The van der Waals surface area contributed by atoms with Crippen LogP contribution in [0.1, 0.15) is 34.1 Å². The van der Waals surface area contributed by atoms with Crippen molar-refractivity contribution in [2.45, 2.75) is 45.8 Å². The average Bonchev–Trinajstić information content (AvgIpc) is 2.13. The molecule has 0 bridgehead atoms. The maximum absolute atomic E-state index is 11.3. The van der Waals surface area contributed by atoms with Gasteiger partial charge in [-0.3, -0.25) is 0 Å². The standard InChI is InChI=1S/C11H19NO4/c1-8(6-13)5-9(7-14)12-10(15)16-11(2,3)4/h6-9H,5H2,1-4H3,(H,12,15). The molecule has 0 spiro atoms. The highest BCUT2D eigenvalue weighted by Gasteiger charge is 2.20. The minimum absolute atomic E-state index is 0.273. The van der Waals surface area contributed by atoms with Gasteiger partial charge in [-0.15, -0.1) is 0 Å². The number of hydrogen-bond acceptors (Lipinski definition) is 4. The molecular formula is C11H19NO4. The summed E-state index contributed by atoms with van der Waals surface area (Å²) in [6.07, 6.45) is 0.978. The van der Waals surface area contributed by atoms with Gasteiger partial charge in [-0.1, -0.05) is 6.92 Å². The lowest BCUT2D eigenvalue weighted by Gasteiger charge is -2.21. The predicted octanol–water partition coefficient (Wildman–Crippen LogP) is 1.30. The Morgan fingerprint density at radius 2 is 1.88 bits per heavy atom. The Hall–Kier alpha value is -1.39. The third-order valence-corrected chi connectivity index (χ3v) is 1.72. The Labute approximate surface area is 95.5 Å². The van der Waals surface area contributed by atoms with Crippen LogP contribution in [-0.4, -0.2) is 30.3 Å². The van der Waals surface area contributed by atoms with Crippen LogP contribution in [0.15, 0.2) is 0 Å². The molecule has 0 aromatic rings. The number of aldehydes is 2. The van der Waals surface area contributed by atoms with E-state index in [9.17, 15) is 14.4 Å². The van der Waals surface area contributed by atoms with E-state index in [0.29, 0.717) is 6.29 Å². The SMILES string of the molecule is CC(C=O)CC(C=O)NC(=O)OC(C)(C)C. The van der Waals surface area contributed by atoms with E-state index in [2.05, 4.69) is 5.32 Å². The van der Waals surface area contributed by atoms with Crippen molar-refractivity contribution in [2.24, 2.45) is 5.92 Å². The molecule has 0 rings (SSSR count). The zero-order valence-electron chi connectivity index (χ0n) is 10.1. The molecule has 5 heteroatoms. The number of amides is 1. The van der Waals surface area contributed by atoms with Gasteiger partial charge in [0.2, 0.25) is 0 Å². The number of nitrogens with one attached hydrogen (secondary N) is 1. The summed E-state index contributed by atoms with van der Waals surface area (Å²) in [6, 6.07) is -0.685. The molecule has 0 saturated heterocycles. The Kier molecular flexibility index (Phi) is 5.71. The Bertz CT molecular complexity index is 257. The number of alkyl carbamates (subject to hydrolysis) is 1. The summed E-state index contributed by atoms with van der Waals surface area (Å²) in [5.41, 5.74) is -0.603. The van der Waals surface area contributed by atoms with Gasteiger partial charge in [0.1, 0.15) is 18.2 Å². The summed E-state index contributed by atoms with van der Waals surface area (Å²) >= 11 is 0. The number of ether oxygens (including phenoxy) is 1. The fraction of sp³-hybridized carbons (Fsp3) is 0.727. The number of rotatable bonds is 5. The first-order valence-corrected chi connectivity index (χ1v) is 5.18. The summed E-state index contributed by atoms with van der Waals surface area (Å²) in [5, 5.41) is 2.40. The first kappa shape index (κ1) is 14.6. The van der Waals surface area contributed by atoms with Crippen molar-refractivity contribution in [3.05, 3.63) is 0 Å². The van der Waals surface area contributed by atoms with Gasteiger partial charge in [-0.2, -0.15) is 0 Å². The smallest absolute Gasteiger partial charge is 0.408 e. The Morgan fingerprint density at radius 1 is 1.31 bits per heavy atom. The predicted molar refractivity (Wildman–Crippen MR) is 59.1 cm³/mol. The molecule has 0 saturated carbocycles. The summed E-state index contributed by atoms with van der Waals surface area (Å²) in [6.45, 7) is 6.88. The number of hydrogen-bond donors (Lipinski definition) is 1. The minimum Gasteiger partial charge on any atom is -0.444 e. The van der Waals surface area contributed by atoms with E-state index in [4.69, 9.17) is 4.74 Å². The van der Waals surface area contributed by atoms with Gasteiger partial charge in [0, 0.05) is 5.92 Å². The van der Waals surface area contributed by atoms with Crippen LogP contribution in [0.4, 0.5) is 4.79 Å². The molecule has 5 nitrogen and oxygen atoms in total. The van der Waals surface area contributed by atoms with E-state index in [-0.39, 0.29) is 12.3 Å². The van der Waals surface area contributed by atoms with E-state index in [1.54, 1.807) is 27.7 Å². The zero-order chi connectivity index (χ0) is 12.8. The van der Waals surface area contributed by atoms with Crippen LogP contribution in [0.5, 0.6) is 0 Å². The lowest BCUT2D eigenvalue weighted by molar-refractivity contribution is -0.112. The molecule has 0 radical (unpaired) electrons. The highest BCUT2D eigenvalue weighted by atomic mass is 16.6. The second kappa shape index (κ2) is 6.25. The second-order valence-corrected chi connectivity index (χ2v) is 4.74. The van der Waals surface area contributed by atoms with Crippen LogP contribution < -0.4 is 5.32 Å². The normalized spacial score (nSPS) is 14.8. The van der Waals surface area contributed by atoms with Crippen LogP contribution >= 0.6 is 0 Å². The van der Waals surface area contributed by atoms with Crippen LogP contribution in [-0.2, 0) is 14.3 Å². The Morgan fingerprint density at radius 3 is 2.25 bits per heavy atom. The van der Waals surface area contributed by atoms with Crippen molar-refractivity contribution in [2.75, 3.05) is 0 Å². The largest absolute Gasteiger partial charge is 0.444 e. The second-order valence-electron chi connectivity index (χ2n) is 4.74. The molecule has 1 N–H and O–H groups in total. The van der Waals surface area contributed by atoms with Gasteiger partial charge in [0.05, 0.1) is 6.04 Å². The monoisotopic (exact) mass is 229 g/mol. The van der Waals surface area contributed by atoms with Crippen molar-refractivity contribution in [3.63, 3.8) is 0 Å². The van der Waals surface area contributed by atoms with Crippen LogP contribution in [0.25, 0.3) is 0 Å². The first-order valence-electron chi connectivity index (χ1n) is 5.18. The van der Waals surface area contributed by atoms with E-state index >= 15 is 0 Å².